The second kappa shape index (κ2) is 8.72. The lowest BCUT2D eigenvalue weighted by atomic mass is 10.2. The molecule has 4 N–H and O–H groups in total. The first-order valence-electron chi connectivity index (χ1n) is 7.87. The maximum Gasteiger partial charge on any atom is 0.191 e. The molecule has 0 fully saturated rings. The number of aromatic nitrogens is 5. The Hall–Kier alpha value is -2.52. The van der Waals surface area contributed by atoms with Crippen LogP contribution in [0.5, 0.6) is 0 Å². The van der Waals surface area contributed by atoms with Crippen molar-refractivity contribution in [2.24, 2.45) is 7.05 Å². The van der Waals surface area contributed by atoms with Crippen LogP contribution in [0.15, 0.2) is 52.8 Å². The van der Waals surface area contributed by atoms with Crippen molar-refractivity contribution in [1.29, 1.82) is 0 Å². The molecule has 0 amide bonds. The number of hydrogen-bond acceptors (Lipinski definition) is 8. The van der Waals surface area contributed by atoms with Crippen molar-refractivity contribution in [3.63, 3.8) is 0 Å². The minimum absolute atomic E-state index is 0.361. The zero-order valence-electron chi connectivity index (χ0n) is 14.2. The molecule has 26 heavy (non-hydrogen) atoms. The largest absolute Gasteiger partial charge is 0.383 e. The van der Waals surface area contributed by atoms with E-state index in [1.807, 2.05) is 29.8 Å². The SMILES string of the molecule is Cn1c(CSc2nc(N)cc(N)n2)nnc1SC/C=C/c1ccccc1. The van der Waals surface area contributed by atoms with Gasteiger partial charge < -0.3 is 16.0 Å². The molecule has 134 valence electrons. The van der Waals surface area contributed by atoms with E-state index in [0.717, 1.165) is 16.7 Å². The van der Waals surface area contributed by atoms with Crippen LogP contribution >= 0.6 is 23.5 Å². The number of rotatable bonds is 7. The highest BCUT2D eigenvalue weighted by Gasteiger charge is 2.10. The molecule has 0 saturated heterocycles. The fraction of sp³-hybridized carbons (Fsp3) is 0.176. The molecule has 2 aromatic heterocycles. The molecule has 3 rings (SSSR count). The van der Waals surface area contributed by atoms with Crippen molar-refractivity contribution in [1.82, 2.24) is 24.7 Å². The molecule has 0 aliphatic rings. The predicted molar refractivity (Wildman–Crippen MR) is 108 cm³/mol. The maximum absolute atomic E-state index is 5.69. The Bertz CT molecular complexity index is 873. The Labute approximate surface area is 160 Å². The molecule has 2 heterocycles. The summed E-state index contributed by atoms with van der Waals surface area (Å²) in [5.74, 6) is 2.98. The molecule has 7 nitrogen and oxygen atoms in total. The van der Waals surface area contributed by atoms with Crippen LogP contribution in [0.4, 0.5) is 11.6 Å². The molecular formula is C17H19N7S2. The number of benzene rings is 1. The van der Waals surface area contributed by atoms with Gasteiger partial charge in [-0.3, -0.25) is 0 Å². The summed E-state index contributed by atoms with van der Waals surface area (Å²) in [6, 6.07) is 11.7. The molecule has 0 aliphatic heterocycles. The normalized spacial score (nSPS) is 11.3. The lowest BCUT2D eigenvalue weighted by Crippen LogP contribution is -2.01. The third kappa shape index (κ3) is 4.99. The van der Waals surface area contributed by atoms with E-state index >= 15 is 0 Å². The first-order valence-corrected chi connectivity index (χ1v) is 9.84. The van der Waals surface area contributed by atoms with Gasteiger partial charge in [-0.2, -0.15) is 0 Å². The number of nitrogen functional groups attached to an aromatic ring is 2. The van der Waals surface area contributed by atoms with Crippen molar-refractivity contribution in [2.45, 2.75) is 16.1 Å². The van der Waals surface area contributed by atoms with Crippen LogP contribution in [-0.2, 0) is 12.8 Å². The fourth-order valence-corrected chi connectivity index (χ4v) is 3.71. The van der Waals surface area contributed by atoms with E-state index in [9.17, 15) is 0 Å². The van der Waals surface area contributed by atoms with Gasteiger partial charge in [-0.1, -0.05) is 66.0 Å². The summed E-state index contributed by atoms with van der Waals surface area (Å²) in [5.41, 5.74) is 12.6. The summed E-state index contributed by atoms with van der Waals surface area (Å²) in [5, 5.41) is 9.89. The number of hydrogen-bond donors (Lipinski definition) is 2. The smallest absolute Gasteiger partial charge is 0.191 e. The van der Waals surface area contributed by atoms with Gasteiger partial charge in [0.1, 0.15) is 17.5 Å². The van der Waals surface area contributed by atoms with E-state index in [1.54, 1.807) is 11.8 Å². The third-order valence-corrected chi connectivity index (χ3v) is 5.24. The zero-order chi connectivity index (χ0) is 18.4. The zero-order valence-corrected chi connectivity index (χ0v) is 15.9. The fourth-order valence-electron chi connectivity index (χ4n) is 2.12. The van der Waals surface area contributed by atoms with Crippen molar-refractivity contribution in [3.8, 4) is 0 Å². The Morgan fingerprint density at radius 3 is 2.50 bits per heavy atom. The van der Waals surface area contributed by atoms with E-state index in [2.05, 4.69) is 44.5 Å². The van der Waals surface area contributed by atoms with Crippen LogP contribution < -0.4 is 11.5 Å². The summed E-state index contributed by atoms with van der Waals surface area (Å²) in [6.45, 7) is 0. The highest BCUT2D eigenvalue weighted by molar-refractivity contribution is 7.99. The van der Waals surface area contributed by atoms with E-state index in [0.29, 0.717) is 22.5 Å². The molecule has 0 aliphatic carbocycles. The van der Waals surface area contributed by atoms with Crippen LogP contribution in [0.3, 0.4) is 0 Å². The topological polar surface area (TPSA) is 109 Å². The van der Waals surface area contributed by atoms with Crippen LogP contribution in [0.1, 0.15) is 11.4 Å². The molecule has 0 saturated carbocycles. The molecule has 0 radical (unpaired) electrons. The lowest BCUT2D eigenvalue weighted by Gasteiger charge is -2.03. The quantitative estimate of drug-likeness (QED) is 0.472. The minimum atomic E-state index is 0.361. The average Bonchev–Trinajstić information content (AvgIpc) is 2.97. The van der Waals surface area contributed by atoms with Gasteiger partial charge in [-0.25, -0.2) is 9.97 Å². The van der Waals surface area contributed by atoms with Gasteiger partial charge in [0.2, 0.25) is 0 Å². The van der Waals surface area contributed by atoms with Crippen LogP contribution in [-0.4, -0.2) is 30.5 Å². The van der Waals surface area contributed by atoms with E-state index in [-0.39, 0.29) is 0 Å². The number of anilines is 2. The summed E-state index contributed by atoms with van der Waals surface area (Å²) >= 11 is 3.06. The van der Waals surface area contributed by atoms with Crippen molar-refractivity contribution < 1.29 is 0 Å². The maximum atomic E-state index is 5.69. The van der Waals surface area contributed by atoms with Gasteiger partial charge in [0.05, 0.1) is 5.75 Å². The Balaban J connectivity index is 1.55. The van der Waals surface area contributed by atoms with E-state index in [4.69, 9.17) is 11.5 Å². The molecule has 0 spiro atoms. The Kier molecular flexibility index (Phi) is 6.13. The molecule has 0 unspecified atom stereocenters. The van der Waals surface area contributed by atoms with E-state index < -0.39 is 0 Å². The molecule has 9 heteroatoms. The third-order valence-electron chi connectivity index (χ3n) is 3.42. The second-order valence-electron chi connectivity index (χ2n) is 5.37. The van der Waals surface area contributed by atoms with Crippen molar-refractivity contribution in [3.05, 3.63) is 53.9 Å². The summed E-state index contributed by atoms with van der Waals surface area (Å²) < 4.78 is 1.98. The van der Waals surface area contributed by atoms with Gasteiger partial charge in [0.15, 0.2) is 10.3 Å². The second-order valence-corrected chi connectivity index (χ2v) is 7.30. The highest BCUT2D eigenvalue weighted by atomic mass is 32.2. The average molecular weight is 386 g/mol. The molecule has 3 aromatic rings. The molecule has 0 bridgehead atoms. The van der Waals surface area contributed by atoms with Gasteiger partial charge >= 0.3 is 0 Å². The van der Waals surface area contributed by atoms with Crippen LogP contribution in [0, 0.1) is 0 Å². The predicted octanol–water partition coefficient (Wildman–Crippen LogP) is 2.87. The van der Waals surface area contributed by atoms with Crippen molar-refractivity contribution in [2.75, 3.05) is 17.2 Å². The van der Waals surface area contributed by atoms with Gasteiger partial charge in [-0.15, -0.1) is 10.2 Å². The van der Waals surface area contributed by atoms with Crippen LogP contribution in [0.25, 0.3) is 6.08 Å². The summed E-state index contributed by atoms with van der Waals surface area (Å²) in [4.78, 5) is 8.31. The summed E-state index contributed by atoms with van der Waals surface area (Å²) in [6.07, 6.45) is 4.22. The molecule has 1 aromatic carbocycles. The number of nitrogens with zero attached hydrogens (tertiary/aromatic N) is 5. The van der Waals surface area contributed by atoms with Crippen LogP contribution in [0.2, 0.25) is 0 Å². The lowest BCUT2D eigenvalue weighted by molar-refractivity contribution is 0.762. The molecule has 0 atom stereocenters. The van der Waals surface area contributed by atoms with Gasteiger partial charge in [0, 0.05) is 18.9 Å². The monoisotopic (exact) mass is 385 g/mol. The summed E-state index contributed by atoms with van der Waals surface area (Å²) in [7, 11) is 1.95. The van der Waals surface area contributed by atoms with Gasteiger partial charge in [0.25, 0.3) is 0 Å². The number of thioether (sulfide) groups is 2. The first-order chi connectivity index (χ1) is 12.6. The molecular weight excluding hydrogens is 366 g/mol. The standard InChI is InChI=1S/C17H19N7S2/c1-24-15(11-26-16-20-13(18)10-14(19)21-16)22-23-17(24)25-9-5-8-12-6-3-2-4-7-12/h2-8,10H,9,11H2,1H3,(H4,18,19,20,21)/b8-5+. The highest BCUT2D eigenvalue weighted by Crippen LogP contribution is 2.23. The Morgan fingerprint density at radius 2 is 1.77 bits per heavy atom. The first kappa shape index (κ1) is 18.3. The number of nitrogens with two attached hydrogens (primary N) is 2. The van der Waals surface area contributed by atoms with Gasteiger partial charge in [-0.05, 0) is 5.56 Å². The van der Waals surface area contributed by atoms with E-state index in [1.165, 1.54) is 23.4 Å². The minimum Gasteiger partial charge on any atom is -0.383 e. The Morgan fingerprint density at radius 1 is 1.04 bits per heavy atom. The van der Waals surface area contributed by atoms with Crippen molar-refractivity contribution >= 4 is 41.2 Å².